The summed E-state index contributed by atoms with van der Waals surface area (Å²) >= 11 is 0. The Bertz CT molecular complexity index is 2930. The predicted octanol–water partition coefficient (Wildman–Crippen LogP) is 13.5. The fourth-order valence-corrected chi connectivity index (χ4v) is 7.54. The van der Waals surface area contributed by atoms with Crippen LogP contribution >= 0.6 is 0 Å². The van der Waals surface area contributed by atoms with E-state index < -0.39 is 0 Å². The zero-order chi connectivity index (χ0) is 35.1. The van der Waals surface area contributed by atoms with Gasteiger partial charge in [-0.25, -0.2) is 9.97 Å². The molecule has 0 amide bonds. The largest absolute Gasteiger partial charge is 0.455 e. The molecule has 0 radical (unpaired) electrons. The average Bonchev–Trinajstić information content (AvgIpc) is 3.63. The lowest BCUT2D eigenvalue weighted by Gasteiger charge is -2.15. The second kappa shape index (κ2) is 12.9. The molecule has 0 unspecified atom stereocenters. The second-order valence-corrected chi connectivity index (χ2v) is 13.3. The molecule has 0 bridgehead atoms. The molecule has 2 aromatic heterocycles. The first kappa shape index (κ1) is 30.7. The Hall–Kier alpha value is -7.10. The Kier molecular flexibility index (Phi) is 7.47. The summed E-state index contributed by atoms with van der Waals surface area (Å²) in [4.78, 5) is 10.5. The summed E-state index contributed by atoms with van der Waals surface area (Å²) in [6, 6.07) is 68.0. The number of fused-ring (bicyclic) bond motifs is 4. The number of rotatable bonds is 6. The minimum absolute atomic E-state index is 0.681. The van der Waals surface area contributed by atoms with E-state index in [0.29, 0.717) is 5.82 Å². The van der Waals surface area contributed by atoms with Crippen molar-refractivity contribution in [2.75, 3.05) is 0 Å². The molecule has 0 saturated carbocycles. The number of hydrogen-bond acceptors (Lipinski definition) is 3. The molecule has 3 nitrogen and oxygen atoms in total. The van der Waals surface area contributed by atoms with Gasteiger partial charge in [0.25, 0.3) is 0 Å². The smallest absolute Gasteiger partial charge is 0.160 e. The summed E-state index contributed by atoms with van der Waals surface area (Å²) in [5.41, 5.74) is 13.2. The summed E-state index contributed by atoms with van der Waals surface area (Å²) < 4.78 is 6.54. The highest BCUT2D eigenvalue weighted by atomic mass is 16.3. The maximum Gasteiger partial charge on any atom is 0.160 e. The molecule has 0 aliphatic carbocycles. The van der Waals surface area contributed by atoms with Crippen molar-refractivity contribution in [1.82, 2.24) is 9.97 Å². The van der Waals surface area contributed by atoms with Gasteiger partial charge in [-0.1, -0.05) is 164 Å². The van der Waals surface area contributed by atoms with Gasteiger partial charge in [-0.05, 0) is 68.9 Å². The van der Waals surface area contributed by atoms with E-state index in [2.05, 4.69) is 164 Å². The molecule has 3 heteroatoms. The molecule has 0 saturated heterocycles. The van der Waals surface area contributed by atoms with Gasteiger partial charge in [-0.2, -0.15) is 0 Å². The first-order chi connectivity index (χ1) is 26.3. The quantitative estimate of drug-likeness (QED) is 0.176. The normalized spacial score (nSPS) is 11.4. The Morgan fingerprint density at radius 1 is 0.302 bits per heavy atom. The van der Waals surface area contributed by atoms with Gasteiger partial charge in [-0.3, -0.25) is 0 Å². The Morgan fingerprint density at radius 2 is 0.849 bits per heavy atom. The lowest BCUT2D eigenvalue weighted by atomic mass is 9.92. The maximum atomic E-state index is 6.54. The Morgan fingerprint density at radius 3 is 1.60 bits per heavy atom. The molecule has 2 heterocycles. The summed E-state index contributed by atoms with van der Waals surface area (Å²) in [5.74, 6) is 0.681. The van der Waals surface area contributed by atoms with E-state index in [1.165, 1.54) is 16.5 Å². The van der Waals surface area contributed by atoms with E-state index >= 15 is 0 Å². The van der Waals surface area contributed by atoms with Gasteiger partial charge in [0.2, 0.25) is 0 Å². The number of aromatic nitrogens is 2. The lowest BCUT2D eigenvalue weighted by molar-refractivity contribution is 0.670. The molecule has 10 rings (SSSR count). The van der Waals surface area contributed by atoms with Gasteiger partial charge in [0.15, 0.2) is 5.82 Å². The van der Waals surface area contributed by atoms with Crippen molar-refractivity contribution in [3.63, 3.8) is 0 Å². The van der Waals surface area contributed by atoms with Crippen LogP contribution in [0.2, 0.25) is 0 Å². The van der Waals surface area contributed by atoms with Crippen molar-refractivity contribution in [3.8, 4) is 67.3 Å². The number of para-hydroxylation sites is 2. The standard InChI is InChI=1S/C50H32N2O/c1-4-15-33(16-5-1)36-29-37(40-24-14-25-45-44-23-12-13-26-48(44)53-49(40)45)31-38(30-36)46-32-47(52-50(51-46)35-19-8-3-9-20-35)43-28-27-39(34-17-6-2-7-18-34)41-21-10-11-22-42(41)43/h1-32H. The minimum atomic E-state index is 0.681. The zero-order valence-electron chi connectivity index (χ0n) is 28.8. The Balaban J connectivity index is 1.22. The van der Waals surface area contributed by atoms with E-state index in [0.717, 1.165) is 77.7 Å². The molecule has 0 spiro atoms. The van der Waals surface area contributed by atoms with Crippen LogP contribution in [0.15, 0.2) is 199 Å². The highest BCUT2D eigenvalue weighted by Crippen LogP contribution is 2.41. The summed E-state index contributed by atoms with van der Waals surface area (Å²) in [6.45, 7) is 0. The first-order valence-electron chi connectivity index (χ1n) is 17.9. The zero-order valence-corrected chi connectivity index (χ0v) is 28.8. The van der Waals surface area contributed by atoms with Crippen LogP contribution in [-0.2, 0) is 0 Å². The van der Waals surface area contributed by atoms with Crippen LogP contribution in [0.25, 0.3) is 100.0 Å². The van der Waals surface area contributed by atoms with E-state index in [1.807, 2.05) is 30.3 Å². The van der Waals surface area contributed by atoms with Crippen LogP contribution in [-0.4, -0.2) is 9.97 Å². The van der Waals surface area contributed by atoms with Gasteiger partial charge >= 0.3 is 0 Å². The van der Waals surface area contributed by atoms with Crippen LogP contribution in [0.4, 0.5) is 0 Å². The number of hydrogen-bond donors (Lipinski definition) is 0. The van der Waals surface area contributed by atoms with Crippen LogP contribution < -0.4 is 0 Å². The van der Waals surface area contributed by atoms with Crippen molar-refractivity contribution in [2.24, 2.45) is 0 Å². The summed E-state index contributed by atoms with van der Waals surface area (Å²) in [5, 5.41) is 4.55. The van der Waals surface area contributed by atoms with Crippen molar-refractivity contribution < 1.29 is 4.42 Å². The van der Waals surface area contributed by atoms with Crippen LogP contribution in [0.3, 0.4) is 0 Å². The fraction of sp³-hybridized carbons (Fsp3) is 0. The molecule has 0 N–H and O–H groups in total. The molecule has 10 aromatic rings. The highest BCUT2D eigenvalue weighted by molar-refractivity contribution is 6.10. The van der Waals surface area contributed by atoms with E-state index in [4.69, 9.17) is 14.4 Å². The number of furan rings is 1. The monoisotopic (exact) mass is 676 g/mol. The van der Waals surface area contributed by atoms with Crippen molar-refractivity contribution in [1.29, 1.82) is 0 Å². The van der Waals surface area contributed by atoms with Gasteiger partial charge in [0.05, 0.1) is 11.4 Å². The van der Waals surface area contributed by atoms with Crippen LogP contribution in [0.5, 0.6) is 0 Å². The van der Waals surface area contributed by atoms with Crippen molar-refractivity contribution in [2.45, 2.75) is 0 Å². The molecular formula is C50H32N2O. The molecular weight excluding hydrogens is 645 g/mol. The maximum absolute atomic E-state index is 6.54. The predicted molar refractivity (Wildman–Crippen MR) is 219 cm³/mol. The average molecular weight is 677 g/mol. The van der Waals surface area contributed by atoms with Crippen molar-refractivity contribution >= 4 is 32.7 Å². The van der Waals surface area contributed by atoms with Gasteiger partial charge in [0.1, 0.15) is 11.2 Å². The van der Waals surface area contributed by atoms with Gasteiger partial charge in [-0.15, -0.1) is 0 Å². The third-order valence-corrected chi connectivity index (χ3v) is 10.1. The molecule has 0 aliphatic heterocycles. The molecule has 8 aromatic carbocycles. The number of benzene rings is 8. The van der Waals surface area contributed by atoms with Gasteiger partial charge in [0, 0.05) is 33.0 Å². The first-order valence-corrected chi connectivity index (χ1v) is 17.9. The topological polar surface area (TPSA) is 38.9 Å². The van der Waals surface area contributed by atoms with Crippen LogP contribution in [0.1, 0.15) is 0 Å². The molecule has 248 valence electrons. The SMILES string of the molecule is c1ccc(-c2cc(-c3cc(-c4ccc(-c5ccccc5)c5ccccc45)nc(-c4ccccc4)n3)cc(-c3cccc4c3oc3ccccc34)c2)cc1. The summed E-state index contributed by atoms with van der Waals surface area (Å²) in [6.07, 6.45) is 0. The number of nitrogens with zero attached hydrogens (tertiary/aromatic N) is 2. The lowest BCUT2D eigenvalue weighted by Crippen LogP contribution is -1.97. The van der Waals surface area contributed by atoms with E-state index in [-0.39, 0.29) is 0 Å². The third kappa shape index (κ3) is 5.56. The molecule has 0 aliphatic rings. The Labute approximate surface area is 307 Å². The van der Waals surface area contributed by atoms with Crippen LogP contribution in [0, 0.1) is 0 Å². The van der Waals surface area contributed by atoms with Crippen molar-refractivity contribution in [3.05, 3.63) is 194 Å². The fourth-order valence-electron chi connectivity index (χ4n) is 7.54. The van der Waals surface area contributed by atoms with Gasteiger partial charge < -0.3 is 4.42 Å². The molecule has 0 atom stereocenters. The second-order valence-electron chi connectivity index (χ2n) is 13.3. The van der Waals surface area contributed by atoms with E-state index in [9.17, 15) is 0 Å². The van der Waals surface area contributed by atoms with E-state index in [1.54, 1.807) is 0 Å². The third-order valence-electron chi connectivity index (χ3n) is 10.1. The summed E-state index contributed by atoms with van der Waals surface area (Å²) in [7, 11) is 0. The molecule has 0 fully saturated rings. The molecule has 53 heavy (non-hydrogen) atoms. The minimum Gasteiger partial charge on any atom is -0.455 e. The highest BCUT2D eigenvalue weighted by Gasteiger charge is 2.18.